The van der Waals surface area contributed by atoms with Crippen LogP contribution in [0.15, 0.2) is 46.9 Å². The third-order valence-corrected chi connectivity index (χ3v) is 4.85. The highest BCUT2D eigenvalue weighted by molar-refractivity contribution is 7.09. The maximum Gasteiger partial charge on any atom is 0.333 e. The van der Waals surface area contributed by atoms with Gasteiger partial charge in [0.15, 0.2) is 0 Å². The lowest BCUT2D eigenvalue weighted by atomic mass is 10.1. The molecule has 1 aromatic heterocycles. The Morgan fingerprint density at radius 2 is 2.00 bits per heavy atom. The van der Waals surface area contributed by atoms with Crippen molar-refractivity contribution >= 4 is 23.4 Å². The molecule has 5 heteroatoms. The van der Waals surface area contributed by atoms with Crippen molar-refractivity contribution in [3.63, 3.8) is 0 Å². The number of rotatable bonds is 7. The van der Waals surface area contributed by atoms with E-state index in [1.807, 2.05) is 24.5 Å². The number of nitrogens with two attached hydrogens (primary N) is 1. The number of thiazole rings is 1. The quantitative estimate of drug-likeness (QED) is 0.439. The number of ether oxygens (including phenoxy) is 1. The highest BCUT2D eigenvalue weighted by Gasteiger charge is 2.11. The fourth-order valence-electron chi connectivity index (χ4n) is 2.52. The van der Waals surface area contributed by atoms with Gasteiger partial charge >= 0.3 is 5.97 Å². The molecular formula is C21H26N2O2S. The predicted molar refractivity (Wildman–Crippen MR) is 108 cm³/mol. The number of esters is 1. The number of hydrogen-bond acceptors (Lipinski definition) is 5. The fourth-order valence-corrected chi connectivity index (χ4v) is 3.30. The summed E-state index contributed by atoms with van der Waals surface area (Å²) in [4.78, 5) is 16.3. The molecule has 138 valence electrons. The van der Waals surface area contributed by atoms with E-state index in [1.54, 1.807) is 25.2 Å². The smallest absolute Gasteiger partial charge is 0.333 e. The van der Waals surface area contributed by atoms with E-state index in [4.69, 9.17) is 10.5 Å². The minimum atomic E-state index is -0.292. The molecule has 0 radical (unpaired) electrons. The molecular weight excluding hydrogens is 344 g/mol. The zero-order valence-electron chi connectivity index (χ0n) is 15.8. The van der Waals surface area contributed by atoms with Crippen LogP contribution in [0.3, 0.4) is 0 Å². The molecule has 0 fully saturated rings. The van der Waals surface area contributed by atoms with Crippen molar-refractivity contribution in [2.75, 3.05) is 6.61 Å². The van der Waals surface area contributed by atoms with E-state index in [2.05, 4.69) is 36.2 Å². The van der Waals surface area contributed by atoms with Crippen molar-refractivity contribution < 1.29 is 9.53 Å². The summed E-state index contributed by atoms with van der Waals surface area (Å²) >= 11 is 1.56. The van der Waals surface area contributed by atoms with Crippen LogP contribution in [0.25, 0.3) is 6.08 Å². The molecule has 2 N–H and O–H groups in total. The van der Waals surface area contributed by atoms with Crippen LogP contribution in [0.5, 0.6) is 0 Å². The van der Waals surface area contributed by atoms with Gasteiger partial charge in [0, 0.05) is 11.0 Å². The third kappa shape index (κ3) is 5.93. The molecule has 0 aliphatic heterocycles. The van der Waals surface area contributed by atoms with Crippen molar-refractivity contribution in [3.05, 3.63) is 68.7 Å². The van der Waals surface area contributed by atoms with Crippen LogP contribution < -0.4 is 5.73 Å². The van der Waals surface area contributed by atoms with Crippen LogP contribution in [0.2, 0.25) is 0 Å². The van der Waals surface area contributed by atoms with E-state index in [1.165, 1.54) is 11.1 Å². The van der Waals surface area contributed by atoms with Crippen LogP contribution in [0.1, 0.15) is 48.6 Å². The number of nitrogens with zero attached hydrogens (tertiary/aromatic N) is 1. The Bertz CT molecular complexity index is 804. The van der Waals surface area contributed by atoms with Crippen LogP contribution >= 0.6 is 11.3 Å². The van der Waals surface area contributed by atoms with Crippen LogP contribution in [-0.2, 0) is 16.0 Å². The third-order valence-electron chi connectivity index (χ3n) is 3.85. The van der Waals surface area contributed by atoms with E-state index < -0.39 is 0 Å². The largest absolute Gasteiger partial charge is 0.463 e. The number of benzene rings is 1. The molecule has 2 rings (SSSR count). The van der Waals surface area contributed by atoms with Crippen molar-refractivity contribution in [2.45, 2.75) is 40.2 Å². The Balaban J connectivity index is 2.05. The molecule has 0 bridgehead atoms. The first kappa shape index (κ1) is 20.1. The number of carbonyl (C=O) groups is 1. The summed E-state index contributed by atoms with van der Waals surface area (Å²) in [5.41, 5.74) is 11.1. The topological polar surface area (TPSA) is 65.2 Å². The summed E-state index contributed by atoms with van der Waals surface area (Å²) in [5.74, 6) is -0.292. The summed E-state index contributed by atoms with van der Waals surface area (Å²) in [6, 6.07) is 8.29. The molecule has 4 nitrogen and oxygen atoms in total. The molecule has 2 aromatic rings. The van der Waals surface area contributed by atoms with Gasteiger partial charge in [-0.25, -0.2) is 9.78 Å². The van der Waals surface area contributed by atoms with Crippen molar-refractivity contribution in [1.29, 1.82) is 0 Å². The second kappa shape index (κ2) is 9.46. The number of aryl methyl sites for hydroxylation is 1. The Morgan fingerprint density at radius 3 is 2.65 bits per heavy atom. The Labute approximate surface area is 159 Å². The SMILES string of the molecule is CCOC(=O)/C(C)=C\C(C)=C\c1csc(C(N)Cc2ccc(C)cc2)n1. The molecule has 0 aliphatic carbocycles. The highest BCUT2D eigenvalue weighted by Crippen LogP contribution is 2.22. The summed E-state index contributed by atoms with van der Waals surface area (Å²) in [5, 5.41) is 2.90. The second-order valence-electron chi connectivity index (χ2n) is 6.34. The van der Waals surface area contributed by atoms with Gasteiger partial charge in [-0.1, -0.05) is 29.8 Å². The summed E-state index contributed by atoms with van der Waals surface area (Å²) < 4.78 is 4.99. The van der Waals surface area contributed by atoms with Gasteiger partial charge in [-0.15, -0.1) is 11.3 Å². The Kier molecular flexibility index (Phi) is 7.30. The van der Waals surface area contributed by atoms with Gasteiger partial charge in [0.25, 0.3) is 0 Å². The molecule has 0 saturated carbocycles. The standard InChI is InChI=1S/C21H26N2O2S/c1-5-25-21(24)16(4)10-15(3)11-18-13-26-20(23-18)19(22)12-17-8-6-14(2)7-9-17/h6-11,13,19H,5,12,22H2,1-4H3/b15-11+,16-10-. The summed E-state index contributed by atoms with van der Waals surface area (Å²) in [6.07, 6.45) is 4.52. The number of allylic oxidation sites excluding steroid dienone is 2. The first-order valence-corrected chi connectivity index (χ1v) is 9.57. The fraction of sp³-hybridized carbons (Fsp3) is 0.333. The van der Waals surface area contributed by atoms with Gasteiger partial charge in [-0.3, -0.25) is 0 Å². The first-order valence-electron chi connectivity index (χ1n) is 8.69. The van der Waals surface area contributed by atoms with Gasteiger partial charge in [0.1, 0.15) is 5.01 Å². The average molecular weight is 371 g/mol. The summed E-state index contributed by atoms with van der Waals surface area (Å²) in [6.45, 7) is 7.93. The zero-order chi connectivity index (χ0) is 19.1. The second-order valence-corrected chi connectivity index (χ2v) is 7.23. The molecule has 0 spiro atoms. The van der Waals surface area contributed by atoms with Gasteiger partial charge < -0.3 is 10.5 Å². The normalized spacial score (nSPS) is 13.6. The number of aromatic nitrogens is 1. The Morgan fingerprint density at radius 1 is 1.31 bits per heavy atom. The van der Waals surface area contributed by atoms with Gasteiger partial charge in [0.2, 0.25) is 0 Å². The van der Waals surface area contributed by atoms with Crippen molar-refractivity contribution in [1.82, 2.24) is 4.98 Å². The summed E-state index contributed by atoms with van der Waals surface area (Å²) in [7, 11) is 0. The molecule has 0 aliphatic rings. The molecule has 1 atom stereocenters. The molecule has 1 aromatic carbocycles. The lowest BCUT2D eigenvalue weighted by Gasteiger charge is -2.08. The maximum absolute atomic E-state index is 11.7. The van der Waals surface area contributed by atoms with Crippen molar-refractivity contribution in [2.24, 2.45) is 5.73 Å². The predicted octanol–water partition coefficient (Wildman–Crippen LogP) is 4.61. The molecule has 1 unspecified atom stereocenters. The van der Waals surface area contributed by atoms with Crippen molar-refractivity contribution in [3.8, 4) is 0 Å². The first-order chi connectivity index (χ1) is 12.4. The van der Waals surface area contributed by atoms with Gasteiger partial charge in [0.05, 0.1) is 18.3 Å². The molecule has 0 amide bonds. The van der Waals surface area contributed by atoms with Gasteiger partial charge in [-0.05, 0) is 57.4 Å². The maximum atomic E-state index is 11.7. The molecule has 0 saturated heterocycles. The van der Waals surface area contributed by atoms with Crippen LogP contribution in [-0.4, -0.2) is 17.6 Å². The van der Waals surface area contributed by atoms with Crippen LogP contribution in [0, 0.1) is 6.92 Å². The van der Waals surface area contributed by atoms with E-state index in [0.717, 1.165) is 22.7 Å². The minimum Gasteiger partial charge on any atom is -0.463 e. The molecule has 26 heavy (non-hydrogen) atoms. The lowest BCUT2D eigenvalue weighted by Crippen LogP contribution is -2.13. The number of hydrogen-bond donors (Lipinski definition) is 1. The van der Waals surface area contributed by atoms with E-state index in [9.17, 15) is 4.79 Å². The van der Waals surface area contributed by atoms with E-state index >= 15 is 0 Å². The molecule has 1 heterocycles. The number of carbonyl (C=O) groups excluding carboxylic acids is 1. The highest BCUT2D eigenvalue weighted by atomic mass is 32.1. The lowest BCUT2D eigenvalue weighted by molar-refractivity contribution is -0.138. The van der Waals surface area contributed by atoms with Crippen LogP contribution in [0.4, 0.5) is 0 Å². The van der Waals surface area contributed by atoms with Gasteiger partial charge in [-0.2, -0.15) is 0 Å². The minimum absolute atomic E-state index is 0.123. The Hall–Kier alpha value is -2.24. The van der Waals surface area contributed by atoms with E-state index in [0.29, 0.717) is 12.2 Å². The average Bonchev–Trinajstić information content (AvgIpc) is 3.05. The monoisotopic (exact) mass is 370 g/mol. The van der Waals surface area contributed by atoms with E-state index in [-0.39, 0.29) is 12.0 Å². The zero-order valence-corrected chi connectivity index (χ0v) is 16.6.